The monoisotopic (exact) mass is 253 g/mol. The average Bonchev–Trinajstić information content (AvgIpc) is 2.46. The summed E-state index contributed by atoms with van der Waals surface area (Å²) in [6.07, 6.45) is 6.63. The summed E-state index contributed by atoms with van der Waals surface area (Å²) in [5.74, 6) is 0.380. The summed E-state index contributed by atoms with van der Waals surface area (Å²) in [5, 5.41) is 0. The van der Waals surface area contributed by atoms with Gasteiger partial charge in [0.15, 0.2) is 5.78 Å². The standard InChI is InChI=1S/C17H19NO/c19-16-11-13-6-3-4-10-18(13)15-9-8-12-5-1-2-7-14(12)17(15)16/h1-2,5,7,13H,3-4,6,8-11H2/t13-/m0/s1. The molecule has 1 fully saturated rings. The van der Waals surface area contributed by atoms with Crippen LogP contribution in [-0.2, 0) is 11.2 Å². The minimum atomic E-state index is 0.380. The molecule has 98 valence electrons. The van der Waals surface area contributed by atoms with Crippen molar-refractivity contribution in [3.05, 3.63) is 41.1 Å². The molecular formula is C17H19NO. The zero-order valence-electron chi connectivity index (χ0n) is 11.2. The molecule has 1 aliphatic carbocycles. The van der Waals surface area contributed by atoms with Crippen molar-refractivity contribution in [3.63, 3.8) is 0 Å². The van der Waals surface area contributed by atoms with Crippen LogP contribution in [0.25, 0.3) is 5.57 Å². The third-order valence-electron chi connectivity index (χ3n) is 4.88. The smallest absolute Gasteiger partial charge is 0.167 e. The fourth-order valence-electron chi connectivity index (χ4n) is 4.00. The van der Waals surface area contributed by atoms with Crippen LogP contribution in [0.3, 0.4) is 0 Å². The summed E-state index contributed by atoms with van der Waals surface area (Å²) < 4.78 is 0. The van der Waals surface area contributed by atoms with Crippen molar-refractivity contribution >= 4 is 11.4 Å². The molecule has 0 spiro atoms. The van der Waals surface area contributed by atoms with Crippen molar-refractivity contribution in [1.29, 1.82) is 0 Å². The molecule has 2 aliphatic heterocycles. The van der Waals surface area contributed by atoms with Crippen LogP contribution < -0.4 is 0 Å². The van der Waals surface area contributed by atoms with Gasteiger partial charge in [0.1, 0.15) is 0 Å². The Bertz CT molecular complexity index is 572. The van der Waals surface area contributed by atoms with Gasteiger partial charge in [0, 0.05) is 30.3 Å². The number of nitrogens with zero attached hydrogens (tertiary/aromatic N) is 1. The zero-order chi connectivity index (χ0) is 12.8. The fourth-order valence-corrected chi connectivity index (χ4v) is 4.00. The van der Waals surface area contributed by atoms with E-state index >= 15 is 0 Å². The number of hydrogen-bond donors (Lipinski definition) is 0. The highest BCUT2D eigenvalue weighted by molar-refractivity contribution is 6.23. The number of carbonyl (C=O) groups excluding carboxylic acids is 1. The first-order valence-electron chi connectivity index (χ1n) is 7.46. The molecule has 0 aromatic heterocycles. The van der Waals surface area contributed by atoms with Crippen LogP contribution >= 0.6 is 0 Å². The quantitative estimate of drug-likeness (QED) is 0.708. The van der Waals surface area contributed by atoms with Crippen molar-refractivity contribution < 1.29 is 4.79 Å². The maximum Gasteiger partial charge on any atom is 0.167 e. The van der Waals surface area contributed by atoms with Gasteiger partial charge in [-0.2, -0.15) is 0 Å². The lowest BCUT2D eigenvalue weighted by atomic mass is 9.79. The second-order valence-corrected chi connectivity index (χ2v) is 5.95. The highest BCUT2D eigenvalue weighted by Gasteiger charge is 2.37. The molecular weight excluding hydrogens is 234 g/mol. The predicted molar refractivity (Wildman–Crippen MR) is 75.7 cm³/mol. The Kier molecular flexibility index (Phi) is 2.51. The largest absolute Gasteiger partial charge is 0.371 e. The lowest BCUT2D eigenvalue weighted by Gasteiger charge is -2.44. The minimum absolute atomic E-state index is 0.380. The van der Waals surface area contributed by atoms with Crippen LogP contribution in [0.4, 0.5) is 0 Å². The Hall–Kier alpha value is -1.57. The normalized spacial score (nSPS) is 25.8. The Morgan fingerprint density at radius 2 is 2.00 bits per heavy atom. The van der Waals surface area contributed by atoms with Gasteiger partial charge in [-0.15, -0.1) is 0 Å². The van der Waals surface area contributed by atoms with Crippen molar-refractivity contribution in [2.45, 2.75) is 44.6 Å². The van der Waals surface area contributed by atoms with E-state index in [2.05, 4.69) is 29.2 Å². The Labute approximate surface area is 114 Å². The number of rotatable bonds is 0. The number of Topliss-reactive ketones (excluding diaryl/α,β-unsaturated/α-hetero) is 1. The van der Waals surface area contributed by atoms with E-state index in [0.717, 1.165) is 31.4 Å². The first-order valence-corrected chi connectivity index (χ1v) is 7.46. The third kappa shape index (κ3) is 1.66. The highest BCUT2D eigenvalue weighted by Crippen LogP contribution is 2.41. The topological polar surface area (TPSA) is 20.3 Å². The van der Waals surface area contributed by atoms with Crippen molar-refractivity contribution in [2.75, 3.05) is 6.54 Å². The van der Waals surface area contributed by atoms with Gasteiger partial charge in [-0.05, 0) is 43.2 Å². The van der Waals surface area contributed by atoms with Gasteiger partial charge in [-0.25, -0.2) is 0 Å². The van der Waals surface area contributed by atoms with Crippen LogP contribution in [0, 0.1) is 0 Å². The molecule has 0 bridgehead atoms. The van der Waals surface area contributed by atoms with Gasteiger partial charge < -0.3 is 4.90 Å². The number of fused-ring (bicyclic) bond motifs is 4. The molecule has 1 aromatic carbocycles. The molecule has 4 rings (SSSR count). The Morgan fingerprint density at radius 1 is 1.11 bits per heavy atom. The second-order valence-electron chi connectivity index (χ2n) is 5.95. The van der Waals surface area contributed by atoms with Gasteiger partial charge in [0.2, 0.25) is 0 Å². The maximum absolute atomic E-state index is 12.6. The van der Waals surface area contributed by atoms with E-state index in [1.165, 1.54) is 36.1 Å². The molecule has 1 saturated heterocycles. The summed E-state index contributed by atoms with van der Waals surface area (Å²) in [6, 6.07) is 8.94. The van der Waals surface area contributed by atoms with Crippen LogP contribution in [-0.4, -0.2) is 23.3 Å². The first kappa shape index (κ1) is 11.3. The summed E-state index contributed by atoms with van der Waals surface area (Å²) in [4.78, 5) is 15.1. The van der Waals surface area contributed by atoms with E-state index < -0.39 is 0 Å². The third-order valence-corrected chi connectivity index (χ3v) is 4.88. The Morgan fingerprint density at radius 3 is 2.95 bits per heavy atom. The van der Waals surface area contributed by atoms with Crippen LogP contribution in [0.1, 0.15) is 43.2 Å². The maximum atomic E-state index is 12.6. The number of benzene rings is 1. The molecule has 0 saturated carbocycles. The van der Waals surface area contributed by atoms with Crippen LogP contribution in [0.2, 0.25) is 0 Å². The summed E-state index contributed by atoms with van der Waals surface area (Å²) in [6.45, 7) is 1.15. The number of allylic oxidation sites excluding steroid dienone is 2. The van der Waals surface area contributed by atoms with Gasteiger partial charge in [0.25, 0.3) is 0 Å². The summed E-state index contributed by atoms with van der Waals surface area (Å²) in [5.41, 5.74) is 4.95. The highest BCUT2D eigenvalue weighted by atomic mass is 16.1. The molecule has 0 radical (unpaired) electrons. The number of hydrogen-bond acceptors (Lipinski definition) is 2. The van der Waals surface area contributed by atoms with Gasteiger partial charge in [0.05, 0.1) is 0 Å². The average molecular weight is 253 g/mol. The zero-order valence-corrected chi connectivity index (χ0v) is 11.2. The van der Waals surface area contributed by atoms with E-state index in [1.54, 1.807) is 0 Å². The number of piperidine rings is 1. The number of aryl methyl sites for hydroxylation is 1. The van der Waals surface area contributed by atoms with Gasteiger partial charge in [-0.1, -0.05) is 24.3 Å². The van der Waals surface area contributed by atoms with Crippen LogP contribution in [0.15, 0.2) is 30.0 Å². The van der Waals surface area contributed by atoms with E-state index in [-0.39, 0.29) is 0 Å². The lowest BCUT2D eigenvalue weighted by molar-refractivity contribution is -0.116. The Balaban J connectivity index is 1.86. The number of ketones is 1. The van der Waals surface area contributed by atoms with E-state index in [4.69, 9.17) is 0 Å². The molecule has 0 amide bonds. The molecule has 0 N–H and O–H groups in total. The molecule has 0 unspecified atom stereocenters. The molecule has 2 heteroatoms. The molecule has 2 nitrogen and oxygen atoms in total. The molecule has 3 aliphatic rings. The summed E-state index contributed by atoms with van der Waals surface area (Å²) in [7, 11) is 0. The molecule has 1 atom stereocenters. The van der Waals surface area contributed by atoms with Crippen LogP contribution in [0.5, 0.6) is 0 Å². The predicted octanol–water partition coefficient (Wildman–Crippen LogP) is 3.17. The van der Waals surface area contributed by atoms with Gasteiger partial charge in [-0.3, -0.25) is 4.79 Å². The molecule has 1 aromatic rings. The summed E-state index contributed by atoms with van der Waals surface area (Å²) >= 11 is 0. The fraction of sp³-hybridized carbons (Fsp3) is 0.471. The van der Waals surface area contributed by atoms with Crippen molar-refractivity contribution in [2.24, 2.45) is 0 Å². The van der Waals surface area contributed by atoms with E-state index in [0.29, 0.717) is 11.8 Å². The number of carbonyl (C=O) groups is 1. The molecule has 19 heavy (non-hydrogen) atoms. The lowest BCUT2D eigenvalue weighted by Crippen LogP contribution is -2.45. The second kappa shape index (κ2) is 4.22. The first-order chi connectivity index (χ1) is 9.34. The van der Waals surface area contributed by atoms with Crippen molar-refractivity contribution in [1.82, 2.24) is 4.90 Å². The van der Waals surface area contributed by atoms with Crippen molar-refractivity contribution in [3.8, 4) is 0 Å². The van der Waals surface area contributed by atoms with E-state index in [9.17, 15) is 4.79 Å². The minimum Gasteiger partial charge on any atom is -0.371 e. The van der Waals surface area contributed by atoms with Gasteiger partial charge >= 0.3 is 0 Å². The SMILES string of the molecule is O=C1C[C@@H]2CCCCN2C2=C1c1ccccc1CC2. The van der Waals surface area contributed by atoms with E-state index in [1.807, 2.05) is 0 Å². The molecule has 2 heterocycles.